The molecule has 2 aromatic carbocycles. The summed E-state index contributed by atoms with van der Waals surface area (Å²) in [6, 6.07) is 6.85. The molecule has 3 aromatic rings. The molecule has 0 amide bonds. The van der Waals surface area contributed by atoms with E-state index in [-0.39, 0.29) is 34.7 Å². The molecule has 0 unspecified atom stereocenters. The van der Waals surface area contributed by atoms with E-state index in [1.807, 2.05) is 0 Å². The third-order valence-electron chi connectivity index (χ3n) is 4.96. The Morgan fingerprint density at radius 2 is 2.06 bits per heavy atom. The van der Waals surface area contributed by atoms with Crippen molar-refractivity contribution in [3.05, 3.63) is 59.3 Å². The van der Waals surface area contributed by atoms with E-state index in [9.17, 15) is 17.4 Å². The summed E-state index contributed by atoms with van der Waals surface area (Å²) in [5, 5.41) is 0.194. The lowest BCUT2D eigenvalue weighted by atomic mass is 10.0. The van der Waals surface area contributed by atoms with Crippen LogP contribution in [0.2, 0.25) is 0 Å². The minimum atomic E-state index is -2.82. The molecule has 0 radical (unpaired) electrons. The second-order valence-corrected chi connectivity index (χ2v) is 10.4. The average Bonchev–Trinajstić information content (AvgIpc) is 3.21. The highest BCUT2D eigenvalue weighted by atomic mass is 32.2. The van der Waals surface area contributed by atoms with Crippen molar-refractivity contribution in [1.82, 2.24) is 9.97 Å². The Morgan fingerprint density at radius 3 is 2.75 bits per heavy atom. The molecule has 4 rings (SSSR count). The van der Waals surface area contributed by atoms with Crippen LogP contribution in [0.3, 0.4) is 0 Å². The highest BCUT2D eigenvalue weighted by Gasteiger charge is 2.22. The van der Waals surface area contributed by atoms with Crippen molar-refractivity contribution < 1.29 is 26.9 Å². The van der Waals surface area contributed by atoms with Crippen LogP contribution >= 0.6 is 0 Å². The van der Waals surface area contributed by atoms with Gasteiger partial charge >= 0.3 is 0 Å². The third-order valence-corrected chi connectivity index (χ3v) is 5.61. The van der Waals surface area contributed by atoms with E-state index in [0.717, 1.165) is 0 Å². The first-order valence-corrected chi connectivity index (χ1v) is 12.3. The molecule has 1 fully saturated rings. The maximum atomic E-state index is 14.0. The number of fused-ring (bicyclic) bond motifs is 1. The van der Waals surface area contributed by atoms with Gasteiger partial charge in [-0.2, -0.15) is 4.36 Å². The Morgan fingerprint density at radius 1 is 1.25 bits per heavy atom. The summed E-state index contributed by atoms with van der Waals surface area (Å²) in [7, 11) is -2.54. The number of halogens is 3. The maximum Gasteiger partial charge on any atom is 0.264 e. The first-order chi connectivity index (χ1) is 15.2. The van der Waals surface area contributed by atoms with Gasteiger partial charge in [-0.15, -0.1) is 0 Å². The van der Waals surface area contributed by atoms with Crippen LogP contribution in [0, 0.1) is 5.82 Å². The molecule has 1 atom stereocenters. The van der Waals surface area contributed by atoms with Gasteiger partial charge in [0.05, 0.1) is 30.1 Å². The quantitative estimate of drug-likeness (QED) is 0.522. The number of alkyl halides is 2. The lowest BCUT2D eigenvalue weighted by Gasteiger charge is -2.17. The highest BCUT2D eigenvalue weighted by Crippen LogP contribution is 2.35. The summed E-state index contributed by atoms with van der Waals surface area (Å²) in [5.74, 6) is -0.133. The molecule has 1 saturated heterocycles. The van der Waals surface area contributed by atoms with Gasteiger partial charge in [-0.1, -0.05) is 6.07 Å². The summed E-state index contributed by atoms with van der Waals surface area (Å²) in [5.41, 5.74) is 1.10. The fourth-order valence-corrected chi connectivity index (χ4v) is 4.25. The smallest absolute Gasteiger partial charge is 0.264 e. The van der Waals surface area contributed by atoms with E-state index in [0.29, 0.717) is 36.6 Å². The molecule has 0 saturated carbocycles. The SMILES string of the molecule is CS(C)(=O)=Nc1cc(C(F)F)c2c(Cc3ccc(F)cc3O[C@H]3CCOC3)ncnc2c1. The standard InChI is InChI=1S/C22H22F3N3O3S/c1-32(2,29)28-15-9-17(22(24)25)21-18(26-12-27-19(21)10-15)7-13-3-4-14(23)8-20(13)31-16-5-6-30-11-16/h3-4,8-10,12,16,22H,5-7,11H2,1-2H3/t16-/m0/s1. The molecular formula is C22H22F3N3O3S. The summed E-state index contributed by atoms with van der Waals surface area (Å²) in [6.07, 6.45) is 1.94. The zero-order valence-corrected chi connectivity index (χ0v) is 18.4. The summed E-state index contributed by atoms with van der Waals surface area (Å²) in [6.45, 7) is 0.977. The Bertz CT molecular complexity index is 1260. The number of nitrogens with zero attached hydrogens (tertiary/aromatic N) is 3. The van der Waals surface area contributed by atoms with Crippen LogP contribution in [0.4, 0.5) is 18.9 Å². The van der Waals surface area contributed by atoms with Crippen molar-refractivity contribution in [2.75, 3.05) is 25.7 Å². The third kappa shape index (κ3) is 5.18. The van der Waals surface area contributed by atoms with Gasteiger partial charge < -0.3 is 9.47 Å². The molecule has 2 heterocycles. The molecule has 32 heavy (non-hydrogen) atoms. The fraction of sp³-hybridized carbons (Fsp3) is 0.364. The maximum absolute atomic E-state index is 14.0. The molecule has 0 N–H and O–H groups in total. The first-order valence-electron chi connectivity index (χ1n) is 9.95. The van der Waals surface area contributed by atoms with Gasteiger partial charge in [-0.3, -0.25) is 0 Å². The van der Waals surface area contributed by atoms with Crippen LogP contribution in [0.5, 0.6) is 5.75 Å². The van der Waals surface area contributed by atoms with Crippen molar-refractivity contribution in [1.29, 1.82) is 0 Å². The van der Waals surface area contributed by atoms with Gasteiger partial charge in [-0.25, -0.2) is 27.3 Å². The minimum absolute atomic E-state index is 0.136. The van der Waals surface area contributed by atoms with Gasteiger partial charge in [0.1, 0.15) is 24.0 Å². The van der Waals surface area contributed by atoms with Crippen LogP contribution < -0.4 is 4.74 Å². The Labute approximate surface area is 184 Å². The normalized spacial score (nSPS) is 16.6. The second kappa shape index (κ2) is 9.03. The second-order valence-electron chi connectivity index (χ2n) is 7.86. The molecular weight excluding hydrogens is 443 g/mol. The van der Waals surface area contributed by atoms with Crippen LogP contribution in [-0.4, -0.2) is 46.0 Å². The molecule has 6 nitrogen and oxygen atoms in total. The van der Waals surface area contributed by atoms with E-state index in [4.69, 9.17) is 9.47 Å². The number of ether oxygens (including phenoxy) is 2. The van der Waals surface area contributed by atoms with Crippen LogP contribution in [0.15, 0.2) is 41.0 Å². The van der Waals surface area contributed by atoms with Crippen molar-refractivity contribution >= 4 is 26.3 Å². The Hall–Kier alpha value is -2.72. The van der Waals surface area contributed by atoms with Crippen molar-refractivity contribution in [2.24, 2.45) is 4.36 Å². The van der Waals surface area contributed by atoms with Gasteiger partial charge in [0.2, 0.25) is 0 Å². The molecule has 1 aromatic heterocycles. The lowest BCUT2D eigenvalue weighted by Crippen LogP contribution is -2.17. The summed E-state index contributed by atoms with van der Waals surface area (Å²) in [4.78, 5) is 8.37. The zero-order chi connectivity index (χ0) is 22.9. The van der Waals surface area contributed by atoms with E-state index in [1.54, 1.807) is 6.07 Å². The topological polar surface area (TPSA) is 73.7 Å². The molecule has 1 aliphatic heterocycles. The number of hydrogen-bond acceptors (Lipinski definition) is 6. The van der Waals surface area contributed by atoms with Crippen molar-refractivity contribution in [2.45, 2.75) is 25.4 Å². The number of aromatic nitrogens is 2. The first kappa shape index (κ1) is 22.5. The van der Waals surface area contributed by atoms with E-state index in [2.05, 4.69) is 14.3 Å². The fourth-order valence-electron chi connectivity index (χ4n) is 3.64. The zero-order valence-electron chi connectivity index (χ0n) is 17.6. The highest BCUT2D eigenvalue weighted by molar-refractivity contribution is 7.92. The van der Waals surface area contributed by atoms with E-state index >= 15 is 0 Å². The molecule has 0 spiro atoms. The van der Waals surface area contributed by atoms with E-state index < -0.39 is 22.0 Å². The number of rotatable bonds is 6. The molecule has 0 bridgehead atoms. The van der Waals surface area contributed by atoms with Gasteiger partial charge in [0.15, 0.2) is 0 Å². The minimum Gasteiger partial charge on any atom is -0.488 e. The number of hydrogen-bond donors (Lipinski definition) is 0. The molecule has 170 valence electrons. The predicted octanol–water partition coefficient (Wildman–Crippen LogP) is 4.82. The van der Waals surface area contributed by atoms with Crippen LogP contribution in [0.1, 0.15) is 29.7 Å². The number of benzene rings is 2. The van der Waals surface area contributed by atoms with Crippen LogP contribution in [-0.2, 0) is 20.9 Å². The Kier molecular flexibility index (Phi) is 6.34. The molecule has 10 heteroatoms. The molecule has 0 aliphatic carbocycles. The molecule has 1 aliphatic rings. The van der Waals surface area contributed by atoms with Gasteiger partial charge in [0, 0.05) is 57.7 Å². The van der Waals surface area contributed by atoms with Gasteiger partial charge in [0.25, 0.3) is 6.43 Å². The predicted molar refractivity (Wildman–Crippen MR) is 116 cm³/mol. The van der Waals surface area contributed by atoms with Crippen LogP contribution in [0.25, 0.3) is 10.9 Å². The van der Waals surface area contributed by atoms with Crippen molar-refractivity contribution in [3.63, 3.8) is 0 Å². The van der Waals surface area contributed by atoms with Crippen molar-refractivity contribution in [3.8, 4) is 5.75 Å². The summed E-state index contributed by atoms with van der Waals surface area (Å²) < 4.78 is 69.2. The largest absolute Gasteiger partial charge is 0.488 e. The lowest BCUT2D eigenvalue weighted by molar-refractivity contribution is 0.140. The van der Waals surface area contributed by atoms with Gasteiger partial charge in [-0.05, 0) is 18.2 Å². The summed E-state index contributed by atoms with van der Waals surface area (Å²) >= 11 is 0. The average molecular weight is 465 g/mol. The Balaban J connectivity index is 1.80. The monoisotopic (exact) mass is 465 g/mol. The van der Waals surface area contributed by atoms with E-state index in [1.165, 1.54) is 43.1 Å².